The van der Waals surface area contributed by atoms with Gasteiger partial charge in [0.05, 0.1) is 18.3 Å². The second kappa shape index (κ2) is 9.14. The fourth-order valence-electron chi connectivity index (χ4n) is 3.47. The second-order valence-electron chi connectivity index (χ2n) is 7.26. The smallest absolute Gasteiger partial charge is 0.244 e. The van der Waals surface area contributed by atoms with Crippen LogP contribution in [0.4, 0.5) is 5.69 Å². The largest absolute Gasteiger partial charge is 0.495 e. The van der Waals surface area contributed by atoms with Gasteiger partial charge in [0.1, 0.15) is 24.7 Å². The number of aryl methyl sites for hydroxylation is 1. The number of carbonyl (C=O) groups is 1. The van der Waals surface area contributed by atoms with E-state index in [1.54, 1.807) is 13.2 Å². The normalized spacial score (nSPS) is 10.8. The van der Waals surface area contributed by atoms with Crippen molar-refractivity contribution in [3.05, 3.63) is 89.1 Å². The first-order chi connectivity index (χ1) is 15.0. The molecule has 0 radical (unpaired) electrons. The van der Waals surface area contributed by atoms with Crippen molar-refractivity contribution in [2.75, 3.05) is 12.4 Å². The van der Waals surface area contributed by atoms with Crippen molar-refractivity contribution in [2.24, 2.45) is 0 Å². The summed E-state index contributed by atoms with van der Waals surface area (Å²) < 4.78 is 13.3. The zero-order chi connectivity index (χ0) is 21.8. The lowest BCUT2D eigenvalue weighted by molar-refractivity contribution is -0.116. The van der Waals surface area contributed by atoms with Crippen LogP contribution in [0.3, 0.4) is 0 Å². The number of nitrogens with one attached hydrogen (secondary N) is 1. The summed E-state index contributed by atoms with van der Waals surface area (Å²) in [6, 6.07) is 21.4. The van der Waals surface area contributed by atoms with Gasteiger partial charge in [-0.15, -0.1) is 0 Å². The molecule has 0 fully saturated rings. The Hall–Kier alpha value is -3.44. The van der Waals surface area contributed by atoms with Crippen LogP contribution in [-0.2, 0) is 17.9 Å². The van der Waals surface area contributed by atoms with Crippen molar-refractivity contribution < 1.29 is 14.3 Å². The number of aromatic nitrogens is 1. The quantitative estimate of drug-likeness (QED) is 0.398. The highest BCUT2D eigenvalue weighted by atomic mass is 35.5. The van der Waals surface area contributed by atoms with Crippen molar-refractivity contribution in [1.29, 1.82) is 0 Å². The van der Waals surface area contributed by atoms with E-state index in [0.717, 1.165) is 27.8 Å². The van der Waals surface area contributed by atoms with E-state index in [1.807, 2.05) is 78.4 Å². The van der Waals surface area contributed by atoms with E-state index in [2.05, 4.69) is 5.32 Å². The summed E-state index contributed by atoms with van der Waals surface area (Å²) in [5.41, 5.74) is 3.49. The molecule has 0 saturated carbocycles. The predicted molar refractivity (Wildman–Crippen MR) is 124 cm³/mol. The third kappa shape index (κ3) is 4.67. The Morgan fingerprint density at radius 1 is 1.03 bits per heavy atom. The van der Waals surface area contributed by atoms with Crippen LogP contribution in [0.2, 0.25) is 5.02 Å². The van der Waals surface area contributed by atoms with Crippen molar-refractivity contribution in [1.82, 2.24) is 4.57 Å². The number of nitrogens with zero attached hydrogens (tertiary/aromatic N) is 1. The molecule has 158 valence electrons. The number of fused-ring (bicyclic) bond motifs is 1. The first-order valence-corrected chi connectivity index (χ1v) is 10.3. The van der Waals surface area contributed by atoms with Gasteiger partial charge in [0.25, 0.3) is 0 Å². The predicted octanol–water partition coefficient (Wildman–Crippen LogP) is 5.83. The molecule has 0 spiro atoms. The second-order valence-corrected chi connectivity index (χ2v) is 7.66. The molecule has 0 saturated heterocycles. The first-order valence-electron chi connectivity index (χ1n) is 9.93. The lowest BCUT2D eigenvalue weighted by Gasteiger charge is -2.13. The molecular formula is C25H23ClN2O3. The maximum absolute atomic E-state index is 12.7. The maximum atomic E-state index is 12.7. The molecule has 0 bridgehead atoms. The highest BCUT2D eigenvalue weighted by Gasteiger charge is 2.13. The zero-order valence-corrected chi connectivity index (χ0v) is 18.1. The summed E-state index contributed by atoms with van der Waals surface area (Å²) >= 11 is 6.15. The minimum absolute atomic E-state index is 0.159. The average Bonchev–Trinajstić information content (AvgIpc) is 3.18. The van der Waals surface area contributed by atoms with Gasteiger partial charge in [-0.3, -0.25) is 4.79 Å². The molecule has 0 atom stereocenters. The number of anilines is 1. The van der Waals surface area contributed by atoms with Gasteiger partial charge in [0.2, 0.25) is 5.91 Å². The first kappa shape index (κ1) is 20.8. The molecule has 0 aliphatic heterocycles. The van der Waals surface area contributed by atoms with E-state index in [1.165, 1.54) is 0 Å². The van der Waals surface area contributed by atoms with Crippen LogP contribution in [0.5, 0.6) is 11.5 Å². The van der Waals surface area contributed by atoms with E-state index < -0.39 is 0 Å². The molecule has 3 aromatic carbocycles. The Morgan fingerprint density at radius 2 is 1.84 bits per heavy atom. The topological polar surface area (TPSA) is 52.5 Å². The monoisotopic (exact) mass is 434 g/mol. The number of halogens is 1. The maximum Gasteiger partial charge on any atom is 0.244 e. The van der Waals surface area contributed by atoms with Crippen LogP contribution in [0, 0.1) is 6.92 Å². The van der Waals surface area contributed by atoms with Crippen LogP contribution in [0.25, 0.3) is 10.9 Å². The van der Waals surface area contributed by atoms with Gasteiger partial charge in [-0.05, 0) is 42.3 Å². The molecule has 0 unspecified atom stereocenters. The standard InChI is InChI=1S/C25H23ClN2O3/c1-17-13-21(24(30-2)14-20(17)26)27-25(29)15-28-12-11-19-22(28)9-6-10-23(19)31-16-18-7-4-3-5-8-18/h3-14H,15-16H2,1-2H3,(H,27,29). The van der Waals surface area contributed by atoms with Crippen LogP contribution >= 0.6 is 11.6 Å². The molecule has 6 heteroatoms. The fraction of sp³-hybridized carbons (Fsp3) is 0.160. The summed E-state index contributed by atoms with van der Waals surface area (Å²) in [6.45, 7) is 2.53. The average molecular weight is 435 g/mol. The summed E-state index contributed by atoms with van der Waals surface area (Å²) in [6.07, 6.45) is 1.89. The molecule has 1 heterocycles. The number of rotatable bonds is 7. The Labute approximate surface area is 186 Å². The number of methoxy groups -OCH3 is 1. The Balaban J connectivity index is 1.50. The van der Waals surface area contributed by atoms with Gasteiger partial charge < -0.3 is 19.4 Å². The van der Waals surface area contributed by atoms with Crippen LogP contribution in [-0.4, -0.2) is 17.6 Å². The SMILES string of the molecule is COc1cc(Cl)c(C)cc1NC(=O)Cn1ccc2c(OCc3ccccc3)cccc21. The van der Waals surface area contributed by atoms with Crippen molar-refractivity contribution >= 4 is 34.1 Å². The molecule has 0 aliphatic carbocycles. The Morgan fingerprint density at radius 3 is 2.61 bits per heavy atom. The third-order valence-electron chi connectivity index (χ3n) is 5.08. The lowest BCUT2D eigenvalue weighted by atomic mass is 10.2. The molecule has 0 aliphatic rings. The molecule has 1 aromatic heterocycles. The Kier molecular flexibility index (Phi) is 6.14. The number of carbonyl (C=O) groups excluding carboxylic acids is 1. The minimum atomic E-state index is -0.159. The Bertz CT molecular complexity index is 1220. The number of hydrogen-bond acceptors (Lipinski definition) is 3. The highest BCUT2D eigenvalue weighted by Crippen LogP contribution is 2.31. The fourth-order valence-corrected chi connectivity index (χ4v) is 3.62. The zero-order valence-electron chi connectivity index (χ0n) is 17.4. The van der Waals surface area contributed by atoms with Gasteiger partial charge in [-0.1, -0.05) is 48.0 Å². The van der Waals surface area contributed by atoms with Crippen LogP contribution in [0.15, 0.2) is 72.9 Å². The van der Waals surface area contributed by atoms with Gasteiger partial charge in [0.15, 0.2) is 0 Å². The number of benzene rings is 3. The van der Waals surface area contributed by atoms with E-state index in [4.69, 9.17) is 21.1 Å². The summed E-state index contributed by atoms with van der Waals surface area (Å²) in [5, 5.41) is 4.48. The number of hydrogen-bond donors (Lipinski definition) is 1. The van der Waals surface area contributed by atoms with Crippen LogP contribution < -0.4 is 14.8 Å². The third-order valence-corrected chi connectivity index (χ3v) is 5.49. The van der Waals surface area contributed by atoms with Gasteiger partial charge >= 0.3 is 0 Å². The van der Waals surface area contributed by atoms with Crippen molar-refractivity contribution in [2.45, 2.75) is 20.1 Å². The van der Waals surface area contributed by atoms with E-state index in [9.17, 15) is 4.79 Å². The summed E-state index contributed by atoms with van der Waals surface area (Å²) in [4.78, 5) is 12.7. The van der Waals surface area contributed by atoms with Gasteiger partial charge in [0, 0.05) is 22.7 Å². The lowest BCUT2D eigenvalue weighted by Crippen LogP contribution is -2.18. The molecule has 1 N–H and O–H groups in total. The molecule has 1 amide bonds. The van der Waals surface area contributed by atoms with Gasteiger partial charge in [-0.2, -0.15) is 0 Å². The van der Waals surface area contributed by atoms with Gasteiger partial charge in [-0.25, -0.2) is 0 Å². The molecular weight excluding hydrogens is 412 g/mol. The molecule has 4 aromatic rings. The molecule has 4 rings (SSSR count). The molecule has 5 nitrogen and oxygen atoms in total. The van der Waals surface area contributed by atoms with E-state index >= 15 is 0 Å². The van der Waals surface area contributed by atoms with E-state index in [0.29, 0.717) is 23.1 Å². The summed E-state index contributed by atoms with van der Waals surface area (Å²) in [7, 11) is 1.55. The number of amides is 1. The highest BCUT2D eigenvalue weighted by molar-refractivity contribution is 6.31. The van der Waals surface area contributed by atoms with Crippen molar-refractivity contribution in [3.63, 3.8) is 0 Å². The minimum Gasteiger partial charge on any atom is -0.495 e. The van der Waals surface area contributed by atoms with Crippen molar-refractivity contribution in [3.8, 4) is 11.5 Å². The summed E-state index contributed by atoms with van der Waals surface area (Å²) in [5.74, 6) is 1.15. The number of ether oxygens (including phenoxy) is 2. The molecule has 31 heavy (non-hydrogen) atoms. The van der Waals surface area contributed by atoms with Crippen LogP contribution in [0.1, 0.15) is 11.1 Å². The van der Waals surface area contributed by atoms with E-state index in [-0.39, 0.29) is 12.5 Å².